The third-order valence-corrected chi connectivity index (χ3v) is 3.82. The van der Waals surface area contributed by atoms with Crippen molar-refractivity contribution in [2.75, 3.05) is 0 Å². The van der Waals surface area contributed by atoms with Crippen LogP contribution in [0, 0.1) is 0 Å². The molecule has 0 spiro atoms. The van der Waals surface area contributed by atoms with E-state index in [1.165, 1.54) is 0 Å². The number of nitrogens with zero attached hydrogens (tertiary/aromatic N) is 1. The van der Waals surface area contributed by atoms with Gasteiger partial charge >= 0.3 is 5.97 Å². The number of oxime groups is 1. The molecule has 0 saturated carbocycles. The molecule has 0 radical (unpaired) electrons. The second-order valence-corrected chi connectivity index (χ2v) is 5.68. The molecule has 2 rings (SSSR count). The maximum Gasteiger partial charge on any atom is 0.305 e. The minimum atomic E-state index is -0.946. The van der Waals surface area contributed by atoms with Crippen LogP contribution in [0.15, 0.2) is 35.5 Å². The molecule has 0 fully saturated rings. The molecule has 1 aromatic carbocycles. The molecule has 2 atom stereocenters. The molecule has 1 aliphatic heterocycles. The van der Waals surface area contributed by atoms with Gasteiger partial charge in [-0.1, -0.05) is 42.4 Å². The second kappa shape index (κ2) is 6.60. The van der Waals surface area contributed by atoms with E-state index >= 15 is 0 Å². The van der Waals surface area contributed by atoms with E-state index in [-0.39, 0.29) is 12.3 Å². The van der Waals surface area contributed by atoms with E-state index in [0.717, 1.165) is 11.3 Å². The van der Waals surface area contributed by atoms with Crippen LogP contribution in [-0.2, 0) is 14.4 Å². The SMILES string of the molecule is CC[C@@](C)(CC(=O)O)NC(=O)[C@@H]1CC(c2ccccc2)=NO1. The summed E-state index contributed by atoms with van der Waals surface area (Å²) in [6.45, 7) is 3.55. The number of aliphatic carboxylic acids is 1. The Labute approximate surface area is 129 Å². The van der Waals surface area contributed by atoms with Gasteiger partial charge in [0.25, 0.3) is 5.91 Å². The third kappa shape index (κ3) is 3.84. The summed E-state index contributed by atoms with van der Waals surface area (Å²) >= 11 is 0. The summed E-state index contributed by atoms with van der Waals surface area (Å²) in [7, 11) is 0. The number of carboxylic acids is 1. The lowest BCUT2D eigenvalue weighted by Crippen LogP contribution is -2.50. The van der Waals surface area contributed by atoms with Crippen molar-refractivity contribution in [1.29, 1.82) is 0 Å². The Morgan fingerprint density at radius 3 is 2.68 bits per heavy atom. The summed E-state index contributed by atoms with van der Waals surface area (Å²) < 4.78 is 0. The normalized spacial score (nSPS) is 19.7. The number of benzene rings is 1. The molecule has 6 heteroatoms. The van der Waals surface area contributed by atoms with E-state index in [0.29, 0.717) is 12.8 Å². The number of carbonyl (C=O) groups is 2. The monoisotopic (exact) mass is 304 g/mol. The van der Waals surface area contributed by atoms with Gasteiger partial charge in [0.15, 0.2) is 0 Å². The van der Waals surface area contributed by atoms with Crippen LogP contribution in [0.5, 0.6) is 0 Å². The molecular weight excluding hydrogens is 284 g/mol. The predicted octanol–water partition coefficient (Wildman–Crippen LogP) is 1.94. The quantitative estimate of drug-likeness (QED) is 0.840. The van der Waals surface area contributed by atoms with Crippen molar-refractivity contribution >= 4 is 17.6 Å². The number of hydrogen-bond donors (Lipinski definition) is 2. The zero-order chi connectivity index (χ0) is 16.2. The number of rotatable bonds is 6. The lowest BCUT2D eigenvalue weighted by molar-refractivity contribution is -0.140. The minimum Gasteiger partial charge on any atom is -0.481 e. The fraction of sp³-hybridized carbons (Fsp3) is 0.438. The van der Waals surface area contributed by atoms with Gasteiger partial charge in [0.1, 0.15) is 0 Å². The molecule has 0 bridgehead atoms. The lowest BCUT2D eigenvalue weighted by Gasteiger charge is -2.28. The van der Waals surface area contributed by atoms with Gasteiger partial charge < -0.3 is 15.3 Å². The Morgan fingerprint density at radius 2 is 2.09 bits per heavy atom. The molecule has 1 amide bonds. The molecule has 0 unspecified atom stereocenters. The van der Waals surface area contributed by atoms with Crippen molar-refractivity contribution in [3.05, 3.63) is 35.9 Å². The zero-order valence-corrected chi connectivity index (χ0v) is 12.7. The molecule has 6 nitrogen and oxygen atoms in total. The molecule has 22 heavy (non-hydrogen) atoms. The summed E-state index contributed by atoms with van der Waals surface area (Å²) in [5.41, 5.74) is 0.848. The summed E-state index contributed by atoms with van der Waals surface area (Å²) in [6.07, 6.45) is 0.0520. The van der Waals surface area contributed by atoms with Gasteiger partial charge in [0.05, 0.1) is 12.1 Å². The highest BCUT2D eigenvalue weighted by molar-refractivity contribution is 6.04. The molecule has 0 aromatic heterocycles. The molecular formula is C16H20N2O4. The van der Waals surface area contributed by atoms with Crippen molar-refractivity contribution < 1.29 is 19.5 Å². The van der Waals surface area contributed by atoms with E-state index in [1.807, 2.05) is 37.3 Å². The Morgan fingerprint density at radius 1 is 1.41 bits per heavy atom. The fourth-order valence-corrected chi connectivity index (χ4v) is 2.29. The largest absolute Gasteiger partial charge is 0.481 e. The first-order chi connectivity index (χ1) is 10.4. The topological polar surface area (TPSA) is 88.0 Å². The van der Waals surface area contributed by atoms with E-state index in [9.17, 15) is 9.59 Å². The fourth-order valence-electron chi connectivity index (χ4n) is 2.29. The van der Waals surface area contributed by atoms with Crippen LogP contribution >= 0.6 is 0 Å². The molecule has 0 saturated heterocycles. The predicted molar refractivity (Wildman–Crippen MR) is 81.6 cm³/mol. The lowest BCUT2D eigenvalue weighted by atomic mass is 9.93. The number of carbonyl (C=O) groups excluding carboxylic acids is 1. The Hall–Kier alpha value is -2.37. The highest BCUT2D eigenvalue weighted by atomic mass is 16.6. The van der Waals surface area contributed by atoms with E-state index in [4.69, 9.17) is 9.94 Å². The van der Waals surface area contributed by atoms with Gasteiger partial charge in [-0.25, -0.2) is 0 Å². The minimum absolute atomic E-state index is 0.131. The van der Waals surface area contributed by atoms with E-state index in [1.54, 1.807) is 6.92 Å². The first-order valence-corrected chi connectivity index (χ1v) is 7.25. The molecule has 118 valence electrons. The van der Waals surface area contributed by atoms with Gasteiger partial charge in [-0.15, -0.1) is 0 Å². The highest BCUT2D eigenvalue weighted by Crippen LogP contribution is 2.20. The highest BCUT2D eigenvalue weighted by Gasteiger charge is 2.34. The molecule has 2 N–H and O–H groups in total. The van der Waals surface area contributed by atoms with E-state index in [2.05, 4.69) is 10.5 Å². The zero-order valence-electron chi connectivity index (χ0n) is 12.7. The van der Waals surface area contributed by atoms with Crippen molar-refractivity contribution in [3.63, 3.8) is 0 Å². The van der Waals surface area contributed by atoms with Gasteiger partial charge in [-0.3, -0.25) is 9.59 Å². The van der Waals surface area contributed by atoms with Crippen LogP contribution in [0.2, 0.25) is 0 Å². The first-order valence-electron chi connectivity index (χ1n) is 7.25. The van der Waals surface area contributed by atoms with Crippen LogP contribution in [-0.4, -0.2) is 34.3 Å². The number of nitrogens with one attached hydrogen (secondary N) is 1. The van der Waals surface area contributed by atoms with Crippen LogP contribution in [0.3, 0.4) is 0 Å². The van der Waals surface area contributed by atoms with Crippen molar-refractivity contribution in [2.45, 2.75) is 44.8 Å². The Kier molecular flexibility index (Phi) is 4.80. The maximum absolute atomic E-state index is 12.3. The van der Waals surface area contributed by atoms with Gasteiger partial charge in [0.2, 0.25) is 6.10 Å². The second-order valence-electron chi connectivity index (χ2n) is 5.68. The van der Waals surface area contributed by atoms with Gasteiger partial charge in [-0.2, -0.15) is 0 Å². The Balaban J connectivity index is 1.97. The van der Waals surface area contributed by atoms with Crippen molar-refractivity contribution in [1.82, 2.24) is 5.32 Å². The standard InChI is InChI=1S/C16H20N2O4/c1-3-16(2,10-14(19)20)17-15(21)13-9-12(18-22-13)11-7-5-4-6-8-11/h4-8,13H,3,9-10H2,1-2H3,(H,17,21)(H,19,20)/t13-,16-/m0/s1. The number of carboxylic acid groups (broad SMARTS) is 1. The first kappa shape index (κ1) is 16.0. The van der Waals surface area contributed by atoms with Gasteiger partial charge in [-0.05, 0) is 18.9 Å². The van der Waals surface area contributed by atoms with Gasteiger partial charge in [0, 0.05) is 12.0 Å². The summed E-state index contributed by atoms with van der Waals surface area (Å²) in [5, 5.41) is 15.7. The molecule has 1 aliphatic rings. The number of amides is 1. The summed E-state index contributed by atoms with van der Waals surface area (Å²) in [6, 6.07) is 9.51. The smallest absolute Gasteiger partial charge is 0.305 e. The molecule has 0 aliphatic carbocycles. The number of hydrogen-bond acceptors (Lipinski definition) is 4. The van der Waals surface area contributed by atoms with E-state index < -0.39 is 17.6 Å². The van der Waals surface area contributed by atoms with Crippen LogP contribution in [0.4, 0.5) is 0 Å². The van der Waals surface area contributed by atoms with Crippen molar-refractivity contribution in [2.24, 2.45) is 5.16 Å². The molecule has 1 aromatic rings. The molecule has 1 heterocycles. The summed E-state index contributed by atoms with van der Waals surface area (Å²) in [5.74, 6) is -1.28. The van der Waals surface area contributed by atoms with Crippen LogP contribution in [0.25, 0.3) is 0 Å². The van der Waals surface area contributed by atoms with Crippen LogP contribution in [0.1, 0.15) is 38.7 Å². The van der Waals surface area contributed by atoms with Crippen LogP contribution < -0.4 is 5.32 Å². The average Bonchev–Trinajstić information content (AvgIpc) is 2.97. The Bertz CT molecular complexity index is 585. The third-order valence-electron chi connectivity index (χ3n) is 3.82. The summed E-state index contributed by atoms with van der Waals surface area (Å²) in [4.78, 5) is 28.4. The maximum atomic E-state index is 12.3. The average molecular weight is 304 g/mol. The van der Waals surface area contributed by atoms with Crippen molar-refractivity contribution in [3.8, 4) is 0 Å².